The van der Waals surface area contributed by atoms with Gasteiger partial charge in [0.15, 0.2) is 11.0 Å². The predicted octanol–water partition coefficient (Wildman–Crippen LogP) is 5.76. The zero-order chi connectivity index (χ0) is 23.2. The number of hydrogen-bond acceptors (Lipinski definition) is 5. The van der Waals surface area contributed by atoms with E-state index in [0.717, 1.165) is 34.0 Å². The minimum Gasteiger partial charge on any atom is -0.496 e. The molecule has 1 amide bonds. The highest BCUT2D eigenvalue weighted by atomic mass is 32.2. The van der Waals surface area contributed by atoms with E-state index in [1.165, 1.54) is 11.8 Å². The van der Waals surface area contributed by atoms with E-state index in [-0.39, 0.29) is 11.2 Å². The van der Waals surface area contributed by atoms with Crippen molar-refractivity contribution in [2.75, 3.05) is 12.4 Å². The van der Waals surface area contributed by atoms with Crippen LogP contribution in [0.3, 0.4) is 0 Å². The average Bonchev–Trinajstić information content (AvgIpc) is 3.27. The molecule has 1 aromatic heterocycles. The number of anilines is 1. The number of amides is 1. The Morgan fingerprint density at radius 2 is 1.64 bits per heavy atom. The lowest BCUT2D eigenvalue weighted by molar-refractivity contribution is -0.115. The van der Waals surface area contributed by atoms with Crippen LogP contribution in [0.1, 0.15) is 13.8 Å². The average molecular weight is 459 g/mol. The Labute approximate surface area is 198 Å². The molecule has 168 valence electrons. The van der Waals surface area contributed by atoms with Gasteiger partial charge in [-0.25, -0.2) is 0 Å². The van der Waals surface area contributed by atoms with Crippen LogP contribution in [-0.4, -0.2) is 33.0 Å². The number of methoxy groups -OCH3 is 1. The fourth-order valence-corrected chi connectivity index (χ4v) is 4.51. The van der Waals surface area contributed by atoms with Gasteiger partial charge in [-0.3, -0.25) is 4.79 Å². The monoisotopic (exact) mass is 458 g/mol. The number of nitrogens with one attached hydrogen (secondary N) is 1. The summed E-state index contributed by atoms with van der Waals surface area (Å²) in [6.07, 6.45) is 0. The van der Waals surface area contributed by atoms with Gasteiger partial charge in [0.05, 0.1) is 17.9 Å². The third-order valence-corrected chi connectivity index (χ3v) is 6.38. The van der Waals surface area contributed by atoms with Crippen LogP contribution in [0.25, 0.3) is 22.5 Å². The molecule has 7 heteroatoms. The molecule has 1 unspecified atom stereocenters. The molecule has 0 saturated carbocycles. The van der Waals surface area contributed by atoms with Gasteiger partial charge >= 0.3 is 0 Å². The fraction of sp³-hybridized carbons (Fsp3) is 0.192. The topological polar surface area (TPSA) is 69.0 Å². The second-order valence-corrected chi connectivity index (χ2v) is 8.72. The van der Waals surface area contributed by atoms with Crippen LogP contribution in [0.5, 0.6) is 5.75 Å². The minimum atomic E-state index is -0.367. The molecule has 1 N–H and O–H groups in total. The number of rotatable bonds is 8. The molecule has 0 aliphatic carbocycles. The van der Waals surface area contributed by atoms with Gasteiger partial charge in [0.25, 0.3) is 0 Å². The maximum Gasteiger partial charge on any atom is 0.237 e. The van der Waals surface area contributed by atoms with Crippen LogP contribution < -0.4 is 10.1 Å². The lowest BCUT2D eigenvalue weighted by Gasteiger charge is -2.15. The molecule has 4 rings (SSSR count). The van der Waals surface area contributed by atoms with E-state index in [2.05, 4.69) is 15.5 Å². The van der Waals surface area contributed by atoms with E-state index in [0.29, 0.717) is 11.7 Å². The summed E-state index contributed by atoms with van der Waals surface area (Å²) in [7, 11) is 1.64. The Kier molecular flexibility index (Phi) is 7.10. The lowest BCUT2D eigenvalue weighted by Crippen LogP contribution is -2.23. The van der Waals surface area contributed by atoms with Gasteiger partial charge < -0.3 is 14.6 Å². The molecule has 0 fully saturated rings. The first-order chi connectivity index (χ1) is 16.1. The van der Waals surface area contributed by atoms with Gasteiger partial charge in [-0.2, -0.15) is 0 Å². The van der Waals surface area contributed by atoms with Crippen molar-refractivity contribution in [3.05, 3.63) is 78.9 Å². The lowest BCUT2D eigenvalue weighted by atomic mass is 10.0. The van der Waals surface area contributed by atoms with Gasteiger partial charge in [-0.15, -0.1) is 10.2 Å². The van der Waals surface area contributed by atoms with Crippen molar-refractivity contribution in [1.29, 1.82) is 0 Å². The largest absolute Gasteiger partial charge is 0.496 e. The van der Waals surface area contributed by atoms with E-state index in [1.54, 1.807) is 7.11 Å². The maximum absolute atomic E-state index is 13.1. The molecule has 33 heavy (non-hydrogen) atoms. The molecule has 0 aliphatic rings. The Bertz CT molecular complexity index is 1240. The summed E-state index contributed by atoms with van der Waals surface area (Å²) in [6, 6.07) is 25.6. The summed E-state index contributed by atoms with van der Waals surface area (Å²) in [4.78, 5) is 13.1. The van der Waals surface area contributed by atoms with Gasteiger partial charge in [0, 0.05) is 17.8 Å². The van der Waals surface area contributed by atoms with E-state index < -0.39 is 0 Å². The molecule has 0 spiro atoms. The predicted molar refractivity (Wildman–Crippen MR) is 134 cm³/mol. The van der Waals surface area contributed by atoms with Crippen LogP contribution in [-0.2, 0) is 11.3 Å². The summed E-state index contributed by atoms with van der Waals surface area (Å²) < 4.78 is 7.49. The van der Waals surface area contributed by atoms with Crippen LogP contribution in [0.4, 0.5) is 5.69 Å². The van der Waals surface area contributed by atoms with E-state index >= 15 is 0 Å². The molecule has 1 heterocycles. The molecule has 4 aromatic rings. The Morgan fingerprint density at radius 1 is 0.970 bits per heavy atom. The fourth-order valence-electron chi connectivity index (χ4n) is 3.60. The van der Waals surface area contributed by atoms with Gasteiger partial charge in [0.1, 0.15) is 5.75 Å². The molecule has 3 aromatic carbocycles. The third-order valence-electron chi connectivity index (χ3n) is 5.30. The molecular formula is C26H26N4O2S. The number of para-hydroxylation sites is 2. The minimum absolute atomic E-state index is 0.0899. The van der Waals surface area contributed by atoms with Crippen LogP contribution in [0.2, 0.25) is 0 Å². The van der Waals surface area contributed by atoms with E-state index in [4.69, 9.17) is 4.74 Å². The Balaban J connectivity index is 1.54. The second kappa shape index (κ2) is 10.4. The first kappa shape index (κ1) is 22.6. The zero-order valence-electron chi connectivity index (χ0n) is 18.9. The molecular weight excluding hydrogens is 432 g/mol. The number of carbonyl (C=O) groups is 1. The van der Waals surface area contributed by atoms with Crippen molar-refractivity contribution >= 4 is 23.4 Å². The highest BCUT2D eigenvalue weighted by molar-refractivity contribution is 8.00. The first-order valence-corrected chi connectivity index (χ1v) is 11.7. The molecule has 0 aliphatic heterocycles. The van der Waals surface area contributed by atoms with Crippen molar-refractivity contribution in [3.63, 3.8) is 0 Å². The van der Waals surface area contributed by atoms with E-state index in [9.17, 15) is 4.79 Å². The number of thioether (sulfide) groups is 1. The van der Waals surface area contributed by atoms with Crippen molar-refractivity contribution in [2.45, 2.75) is 30.8 Å². The number of hydrogen-bond donors (Lipinski definition) is 1. The van der Waals surface area contributed by atoms with Gasteiger partial charge in [-0.05, 0) is 37.6 Å². The van der Waals surface area contributed by atoms with Crippen molar-refractivity contribution in [2.24, 2.45) is 0 Å². The summed E-state index contributed by atoms with van der Waals surface area (Å²) >= 11 is 1.39. The SMILES string of the molecule is CCn1c(SC(C)C(=O)Nc2ccccc2-c2ccccc2)nnc1-c1ccccc1OC. The van der Waals surface area contributed by atoms with Crippen molar-refractivity contribution in [1.82, 2.24) is 14.8 Å². The highest BCUT2D eigenvalue weighted by Crippen LogP contribution is 2.33. The summed E-state index contributed by atoms with van der Waals surface area (Å²) in [5.74, 6) is 1.37. The summed E-state index contributed by atoms with van der Waals surface area (Å²) in [6.45, 7) is 4.59. The summed E-state index contributed by atoms with van der Waals surface area (Å²) in [5.41, 5.74) is 3.70. The number of benzene rings is 3. The van der Waals surface area contributed by atoms with E-state index in [1.807, 2.05) is 97.3 Å². The number of ether oxygens (including phenoxy) is 1. The van der Waals surface area contributed by atoms with Crippen LogP contribution in [0.15, 0.2) is 84.0 Å². The maximum atomic E-state index is 13.1. The number of carbonyl (C=O) groups excluding carboxylic acids is 1. The molecule has 1 atom stereocenters. The zero-order valence-corrected chi connectivity index (χ0v) is 19.7. The standard InChI is InChI=1S/C26H26N4O2S/c1-4-30-24(21-15-9-11-17-23(21)32-3)28-29-26(30)33-18(2)25(31)27-22-16-10-8-14-20(22)19-12-6-5-7-13-19/h5-18H,4H2,1-3H3,(H,27,31). The second-order valence-electron chi connectivity index (χ2n) is 7.41. The molecule has 0 bridgehead atoms. The molecule has 0 radical (unpaired) electrons. The summed E-state index contributed by atoms with van der Waals surface area (Å²) in [5, 5.41) is 12.2. The Hall–Kier alpha value is -3.58. The quantitative estimate of drug-likeness (QED) is 0.340. The van der Waals surface area contributed by atoms with Gasteiger partial charge in [-0.1, -0.05) is 72.4 Å². The van der Waals surface area contributed by atoms with Crippen molar-refractivity contribution < 1.29 is 9.53 Å². The molecule has 0 saturated heterocycles. The third kappa shape index (κ3) is 4.93. The van der Waals surface area contributed by atoms with Crippen LogP contribution >= 0.6 is 11.8 Å². The number of aromatic nitrogens is 3. The Morgan fingerprint density at radius 3 is 2.36 bits per heavy atom. The number of nitrogens with zero attached hydrogens (tertiary/aromatic N) is 3. The normalized spacial score (nSPS) is 11.7. The molecule has 6 nitrogen and oxygen atoms in total. The highest BCUT2D eigenvalue weighted by Gasteiger charge is 2.22. The van der Waals surface area contributed by atoms with Crippen LogP contribution in [0, 0.1) is 0 Å². The van der Waals surface area contributed by atoms with Crippen molar-refractivity contribution in [3.8, 4) is 28.3 Å². The smallest absolute Gasteiger partial charge is 0.237 e. The first-order valence-electron chi connectivity index (χ1n) is 10.8. The van der Waals surface area contributed by atoms with Gasteiger partial charge in [0.2, 0.25) is 5.91 Å².